The van der Waals surface area contributed by atoms with E-state index in [1.54, 1.807) is 12.3 Å². The summed E-state index contributed by atoms with van der Waals surface area (Å²) in [5.74, 6) is 0. The van der Waals surface area contributed by atoms with Crippen LogP contribution in [0.1, 0.15) is 0 Å². The Kier molecular flexibility index (Phi) is 4.31. The van der Waals surface area contributed by atoms with Crippen LogP contribution < -0.4 is 5.73 Å². The zero-order valence-corrected chi connectivity index (χ0v) is 8.57. The zero-order chi connectivity index (χ0) is 6.85. The van der Waals surface area contributed by atoms with Crippen LogP contribution in [0.5, 0.6) is 0 Å². The standard InChI is InChI=1S/C5H4ClIN2.ClH/c6-5-1-3(7)4(8)2-9-5;/h1-2H,8H2;1H. The zero-order valence-electron chi connectivity index (χ0n) is 4.84. The minimum Gasteiger partial charge on any atom is -0.397 e. The Morgan fingerprint density at radius 2 is 2.20 bits per heavy atom. The molecule has 0 aliphatic carbocycles. The van der Waals surface area contributed by atoms with Gasteiger partial charge in [0.15, 0.2) is 0 Å². The summed E-state index contributed by atoms with van der Waals surface area (Å²) in [6.45, 7) is 0. The van der Waals surface area contributed by atoms with Gasteiger partial charge in [0, 0.05) is 3.57 Å². The molecule has 0 aromatic carbocycles. The van der Waals surface area contributed by atoms with E-state index in [0.29, 0.717) is 10.8 Å². The number of anilines is 1. The number of nitrogen functional groups attached to an aromatic ring is 1. The fourth-order valence-corrected chi connectivity index (χ4v) is 1.19. The van der Waals surface area contributed by atoms with Gasteiger partial charge in [-0.1, -0.05) is 11.6 Å². The lowest BCUT2D eigenvalue weighted by atomic mass is 10.4. The second-order valence-corrected chi connectivity index (χ2v) is 3.08. The molecule has 5 heteroatoms. The van der Waals surface area contributed by atoms with Crippen LogP contribution in [0.4, 0.5) is 5.69 Å². The van der Waals surface area contributed by atoms with E-state index in [0.717, 1.165) is 3.57 Å². The van der Waals surface area contributed by atoms with Crippen LogP contribution >= 0.6 is 46.6 Å². The maximum Gasteiger partial charge on any atom is 0.130 e. The molecular weight excluding hydrogens is 286 g/mol. The molecule has 0 fully saturated rings. The minimum absolute atomic E-state index is 0. The molecule has 0 saturated heterocycles. The van der Waals surface area contributed by atoms with Crippen LogP contribution in [0.3, 0.4) is 0 Å². The summed E-state index contributed by atoms with van der Waals surface area (Å²) in [7, 11) is 0. The van der Waals surface area contributed by atoms with Crippen molar-refractivity contribution in [3.63, 3.8) is 0 Å². The lowest BCUT2D eigenvalue weighted by molar-refractivity contribution is 1.32. The van der Waals surface area contributed by atoms with Crippen LogP contribution in [0.2, 0.25) is 5.15 Å². The molecule has 0 aliphatic heterocycles. The Morgan fingerprint density at radius 3 is 2.60 bits per heavy atom. The maximum atomic E-state index is 5.55. The molecule has 0 amide bonds. The van der Waals surface area contributed by atoms with Gasteiger partial charge in [-0.2, -0.15) is 0 Å². The predicted molar refractivity (Wildman–Crippen MR) is 53.6 cm³/mol. The second kappa shape index (κ2) is 4.20. The summed E-state index contributed by atoms with van der Waals surface area (Å²) in [5.41, 5.74) is 6.13. The largest absolute Gasteiger partial charge is 0.397 e. The number of aromatic nitrogens is 1. The van der Waals surface area contributed by atoms with Crippen molar-refractivity contribution >= 4 is 52.3 Å². The van der Waals surface area contributed by atoms with E-state index in [1.807, 2.05) is 0 Å². The molecule has 0 unspecified atom stereocenters. The molecule has 1 heterocycles. The number of hydrogen-bond donors (Lipinski definition) is 1. The van der Waals surface area contributed by atoms with Crippen molar-refractivity contribution in [3.8, 4) is 0 Å². The fourth-order valence-electron chi connectivity index (χ4n) is 0.418. The predicted octanol–water partition coefficient (Wildman–Crippen LogP) is 2.34. The van der Waals surface area contributed by atoms with Crippen molar-refractivity contribution in [2.75, 3.05) is 5.73 Å². The highest BCUT2D eigenvalue weighted by atomic mass is 127. The minimum atomic E-state index is 0. The molecule has 56 valence electrons. The number of nitrogens with two attached hydrogens (primary N) is 1. The van der Waals surface area contributed by atoms with Crippen LogP contribution in [-0.2, 0) is 0 Å². The Labute approximate surface area is 83.7 Å². The Hall–Kier alpha value is 0.260. The summed E-state index contributed by atoms with van der Waals surface area (Å²) in [6.07, 6.45) is 1.55. The van der Waals surface area contributed by atoms with Gasteiger partial charge in [0.2, 0.25) is 0 Å². The number of nitrogens with zero attached hydrogens (tertiary/aromatic N) is 1. The van der Waals surface area contributed by atoms with Gasteiger partial charge in [0.05, 0.1) is 11.9 Å². The average Bonchev–Trinajstić information content (AvgIpc) is 1.80. The molecule has 2 N–H and O–H groups in total. The van der Waals surface area contributed by atoms with E-state index < -0.39 is 0 Å². The van der Waals surface area contributed by atoms with Gasteiger partial charge in [-0.25, -0.2) is 4.98 Å². The fraction of sp³-hybridized carbons (Fsp3) is 0. The first kappa shape index (κ1) is 10.3. The van der Waals surface area contributed by atoms with Gasteiger partial charge >= 0.3 is 0 Å². The third-order valence-corrected chi connectivity index (χ3v) is 1.99. The Morgan fingerprint density at radius 1 is 1.60 bits per heavy atom. The normalized spacial score (nSPS) is 8.60. The summed E-state index contributed by atoms with van der Waals surface area (Å²) in [6, 6.07) is 1.72. The molecule has 1 aromatic rings. The van der Waals surface area contributed by atoms with Gasteiger partial charge in [-0.3, -0.25) is 0 Å². The smallest absolute Gasteiger partial charge is 0.130 e. The molecule has 0 spiro atoms. The summed E-state index contributed by atoms with van der Waals surface area (Å²) in [4.78, 5) is 3.78. The highest BCUT2D eigenvalue weighted by molar-refractivity contribution is 14.1. The topological polar surface area (TPSA) is 38.9 Å². The van der Waals surface area contributed by atoms with Crippen molar-refractivity contribution in [2.24, 2.45) is 0 Å². The lowest BCUT2D eigenvalue weighted by Gasteiger charge is -1.94. The molecule has 0 saturated carbocycles. The molecule has 1 rings (SSSR count). The quantitative estimate of drug-likeness (QED) is 0.588. The highest BCUT2D eigenvalue weighted by Crippen LogP contribution is 2.15. The third kappa shape index (κ3) is 2.48. The summed E-state index contributed by atoms with van der Waals surface area (Å²) < 4.78 is 0.938. The number of hydrogen-bond acceptors (Lipinski definition) is 2. The molecule has 0 radical (unpaired) electrons. The SMILES string of the molecule is Cl.Nc1cnc(Cl)cc1I. The first-order valence-electron chi connectivity index (χ1n) is 2.26. The van der Waals surface area contributed by atoms with Crippen LogP contribution in [0.15, 0.2) is 12.3 Å². The molecule has 2 nitrogen and oxygen atoms in total. The monoisotopic (exact) mass is 290 g/mol. The van der Waals surface area contributed by atoms with E-state index in [9.17, 15) is 0 Å². The number of rotatable bonds is 0. The molecule has 0 aliphatic rings. The van der Waals surface area contributed by atoms with E-state index in [2.05, 4.69) is 27.6 Å². The van der Waals surface area contributed by atoms with Gasteiger partial charge in [0.25, 0.3) is 0 Å². The Balaban J connectivity index is 0.000000810. The highest BCUT2D eigenvalue weighted by Gasteiger charge is 1.94. The maximum absolute atomic E-state index is 5.55. The van der Waals surface area contributed by atoms with E-state index in [-0.39, 0.29) is 12.4 Å². The van der Waals surface area contributed by atoms with Crippen LogP contribution in [0, 0.1) is 3.57 Å². The van der Waals surface area contributed by atoms with Crippen molar-refractivity contribution in [3.05, 3.63) is 21.0 Å². The molecule has 10 heavy (non-hydrogen) atoms. The summed E-state index contributed by atoms with van der Waals surface area (Å²) >= 11 is 7.65. The van der Waals surface area contributed by atoms with E-state index in [1.165, 1.54) is 0 Å². The van der Waals surface area contributed by atoms with Crippen molar-refractivity contribution in [2.45, 2.75) is 0 Å². The first-order chi connectivity index (χ1) is 4.20. The van der Waals surface area contributed by atoms with Crippen molar-refractivity contribution in [1.29, 1.82) is 0 Å². The first-order valence-corrected chi connectivity index (χ1v) is 3.72. The van der Waals surface area contributed by atoms with Gasteiger partial charge < -0.3 is 5.73 Å². The Bertz CT molecular complexity index is 229. The lowest BCUT2D eigenvalue weighted by Crippen LogP contribution is -1.89. The molecular formula is C5H5Cl2IN2. The van der Waals surface area contributed by atoms with Crippen LogP contribution in [0.25, 0.3) is 0 Å². The van der Waals surface area contributed by atoms with E-state index in [4.69, 9.17) is 17.3 Å². The second-order valence-electron chi connectivity index (χ2n) is 1.53. The summed E-state index contributed by atoms with van der Waals surface area (Å²) in [5, 5.41) is 0.480. The van der Waals surface area contributed by atoms with Gasteiger partial charge in [0.1, 0.15) is 5.15 Å². The number of pyridine rings is 1. The van der Waals surface area contributed by atoms with Crippen molar-refractivity contribution < 1.29 is 0 Å². The van der Waals surface area contributed by atoms with E-state index >= 15 is 0 Å². The van der Waals surface area contributed by atoms with Crippen molar-refractivity contribution in [1.82, 2.24) is 4.98 Å². The van der Waals surface area contributed by atoms with Gasteiger partial charge in [-0.15, -0.1) is 12.4 Å². The number of halogens is 3. The molecule has 1 aromatic heterocycles. The van der Waals surface area contributed by atoms with Crippen LogP contribution in [-0.4, -0.2) is 4.98 Å². The van der Waals surface area contributed by atoms with Gasteiger partial charge in [-0.05, 0) is 28.7 Å². The molecule has 0 atom stereocenters. The third-order valence-electron chi connectivity index (χ3n) is 0.849. The molecule has 0 bridgehead atoms. The average molecular weight is 291 g/mol.